The molecule has 2 aliphatic rings. The molecule has 0 radical (unpaired) electrons. The molecular weight excluding hydrogens is 326 g/mol. The summed E-state index contributed by atoms with van der Waals surface area (Å²) in [6.45, 7) is 2.38. The Morgan fingerprint density at radius 2 is 2.14 bits per heavy atom. The summed E-state index contributed by atoms with van der Waals surface area (Å²) in [6.07, 6.45) is 2.52. The zero-order chi connectivity index (χ0) is 14.2. The van der Waals surface area contributed by atoms with Crippen LogP contribution in [-0.4, -0.2) is 16.0 Å². The van der Waals surface area contributed by atoms with Gasteiger partial charge in [0, 0.05) is 15.9 Å². The van der Waals surface area contributed by atoms with Gasteiger partial charge in [-0.2, -0.15) is 0 Å². The lowest BCUT2D eigenvalue weighted by atomic mass is 10.0. The molecule has 5 rings (SSSR count). The average molecular weight is 342 g/mol. The van der Waals surface area contributed by atoms with Crippen LogP contribution < -0.4 is 5.32 Å². The monoisotopic (exact) mass is 341 g/mol. The number of fused-ring (bicyclic) bond motifs is 4. The minimum Gasteiger partial charge on any atom is -0.341 e. The molecule has 1 aliphatic carbocycles. The van der Waals surface area contributed by atoms with Crippen LogP contribution in [0.15, 0.2) is 34.8 Å². The van der Waals surface area contributed by atoms with Crippen molar-refractivity contribution in [3.8, 4) is 0 Å². The molecule has 1 saturated carbocycles. The van der Waals surface area contributed by atoms with Crippen molar-refractivity contribution in [1.82, 2.24) is 15.3 Å². The van der Waals surface area contributed by atoms with E-state index < -0.39 is 0 Å². The van der Waals surface area contributed by atoms with E-state index >= 15 is 0 Å². The van der Waals surface area contributed by atoms with Gasteiger partial charge in [0.25, 0.3) is 0 Å². The minimum absolute atomic E-state index is 0.381. The highest BCUT2D eigenvalue weighted by molar-refractivity contribution is 9.10. The van der Waals surface area contributed by atoms with E-state index in [0.717, 1.165) is 21.3 Å². The van der Waals surface area contributed by atoms with E-state index in [4.69, 9.17) is 4.98 Å². The van der Waals surface area contributed by atoms with Crippen molar-refractivity contribution >= 4 is 37.7 Å². The third kappa shape index (κ3) is 1.72. The number of piperidine rings is 1. The van der Waals surface area contributed by atoms with Crippen LogP contribution in [0, 0.1) is 5.41 Å². The topological polar surface area (TPSA) is 40.7 Å². The highest BCUT2D eigenvalue weighted by Gasteiger charge is 2.57. The van der Waals surface area contributed by atoms with E-state index in [2.05, 4.69) is 63.5 Å². The summed E-state index contributed by atoms with van der Waals surface area (Å²) in [5, 5.41) is 6.14. The summed E-state index contributed by atoms with van der Waals surface area (Å²) < 4.78 is 1.11. The molecule has 3 aromatic rings. The van der Waals surface area contributed by atoms with Crippen molar-refractivity contribution in [3.63, 3.8) is 0 Å². The number of imidazole rings is 1. The molecule has 3 nitrogen and oxygen atoms in total. The Kier molecular flexibility index (Phi) is 2.25. The normalized spacial score (nSPS) is 31.0. The number of H-pyrrole nitrogens is 1. The van der Waals surface area contributed by atoms with E-state index in [1.807, 2.05) is 0 Å². The first-order chi connectivity index (χ1) is 10.1. The molecule has 2 N–H and O–H groups in total. The predicted octanol–water partition coefficient (Wildman–Crippen LogP) is 4.29. The van der Waals surface area contributed by atoms with Crippen LogP contribution >= 0.6 is 15.9 Å². The number of nitrogens with zero attached hydrogens (tertiary/aromatic N) is 1. The molecule has 0 amide bonds. The predicted molar refractivity (Wildman–Crippen MR) is 88.3 cm³/mol. The third-order valence-corrected chi connectivity index (χ3v) is 5.70. The largest absolute Gasteiger partial charge is 0.341 e. The fraction of sp³-hybridized carbons (Fsp3) is 0.353. The van der Waals surface area contributed by atoms with Gasteiger partial charge in [0.15, 0.2) is 0 Å². The second kappa shape index (κ2) is 3.87. The van der Waals surface area contributed by atoms with Crippen LogP contribution in [0.25, 0.3) is 21.8 Å². The number of aromatic amines is 1. The Hall–Kier alpha value is -1.39. The van der Waals surface area contributed by atoms with Gasteiger partial charge in [0.05, 0.1) is 17.1 Å². The molecule has 2 unspecified atom stereocenters. The Morgan fingerprint density at radius 3 is 2.95 bits per heavy atom. The number of rotatable bonds is 1. The summed E-state index contributed by atoms with van der Waals surface area (Å²) >= 11 is 3.53. The quantitative estimate of drug-likeness (QED) is 0.693. The van der Waals surface area contributed by atoms with E-state index in [9.17, 15) is 0 Å². The summed E-state index contributed by atoms with van der Waals surface area (Å²) in [5.41, 5.74) is 2.73. The van der Waals surface area contributed by atoms with Gasteiger partial charge in [-0.15, -0.1) is 0 Å². The molecule has 0 bridgehead atoms. The number of nitrogens with one attached hydrogen (secondary N) is 2. The van der Waals surface area contributed by atoms with E-state index in [0.29, 0.717) is 17.5 Å². The molecule has 1 aliphatic heterocycles. The fourth-order valence-corrected chi connectivity index (χ4v) is 4.17. The smallest absolute Gasteiger partial charge is 0.124 e. The molecule has 2 heterocycles. The first-order valence-corrected chi connectivity index (χ1v) is 8.26. The molecule has 1 aromatic heterocycles. The van der Waals surface area contributed by atoms with E-state index in [-0.39, 0.29) is 0 Å². The summed E-state index contributed by atoms with van der Waals surface area (Å²) in [7, 11) is 0. The SMILES string of the molecule is CC12CC1N[C@H](c1nc3c(ccc4cc(Br)ccc43)[nH]1)C2. The summed E-state index contributed by atoms with van der Waals surface area (Å²) in [4.78, 5) is 8.42. The van der Waals surface area contributed by atoms with Gasteiger partial charge in [0.1, 0.15) is 5.82 Å². The maximum absolute atomic E-state index is 4.91. The Morgan fingerprint density at radius 1 is 1.24 bits per heavy atom. The van der Waals surface area contributed by atoms with Gasteiger partial charge in [-0.05, 0) is 41.8 Å². The van der Waals surface area contributed by atoms with Gasteiger partial charge in [-0.25, -0.2) is 4.98 Å². The molecule has 106 valence electrons. The zero-order valence-corrected chi connectivity index (χ0v) is 13.4. The molecule has 2 aromatic carbocycles. The molecule has 2 fully saturated rings. The van der Waals surface area contributed by atoms with E-state index in [1.54, 1.807) is 0 Å². The van der Waals surface area contributed by atoms with Crippen LogP contribution in [0.5, 0.6) is 0 Å². The molecule has 1 saturated heterocycles. The summed E-state index contributed by atoms with van der Waals surface area (Å²) in [5.74, 6) is 1.09. The first kappa shape index (κ1) is 12.2. The van der Waals surface area contributed by atoms with Crippen LogP contribution in [0.1, 0.15) is 31.6 Å². The Balaban J connectivity index is 1.65. The lowest BCUT2D eigenvalue weighted by Gasteiger charge is -2.10. The molecule has 3 atom stereocenters. The van der Waals surface area contributed by atoms with Crippen molar-refractivity contribution in [2.75, 3.05) is 0 Å². The Labute approximate surface area is 131 Å². The molecule has 21 heavy (non-hydrogen) atoms. The van der Waals surface area contributed by atoms with Crippen LogP contribution in [0.2, 0.25) is 0 Å². The van der Waals surface area contributed by atoms with Crippen LogP contribution in [0.3, 0.4) is 0 Å². The van der Waals surface area contributed by atoms with Gasteiger partial charge in [0.2, 0.25) is 0 Å². The van der Waals surface area contributed by atoms with Gasteiger partial charge in [-0.3, -0.25) is 0 Å². The van der Waals surface area contributed by atoms with E-state index in [1.165, 1.54) is 23.6 Å². The van der Waals surface area contributed by atoms with Gasteiger partial charge >= 0.3 is 0 Å². The lowest BCUT2D eigenvalue weighted by Crippen LogP contribution is -2.18. The highest BCUT2D eigenvalue weighted by atomic mass is 79.9. The van der Waals surface area contributed by atoms with Crippen LogP contribution in [-0.2, 0) is 0 Å². The second-order valence-electron chi connectivity index (χ2n) is 6.78. The average Bonchev–Trinajstić information content (AvgIpc) is 2.85. The first-order valence-electron chi connectivity index (χ1n) is 7.46. The van der Waals surface area contributed by atoms with Crippen molar-refractivity contribution < 1.29 is 0 Å². The number of aromatic nitrogens is 2. The second-order valence-corrected chi connectivity index (χ2v) is 7.70. The maximum Gasteiger partial charge on any atom is 0.124 e. The number of benzene rings is 2. The highest BCUT2D eigenvalue weighted by Crippen LogP contribution is 2.57. The molecule has 4 heteroatoms. The van der Waals surface area contributed by atoms with Crippen LogP contribution in [0.4, 0.5) is 0 Å². The van der Waals surface area contributed by atoms with Crippen molar-refractivity contribution in [2.24, 2.45) is 5.41 Å². The summed E-state index contributed by atoms with van der Waals surface area (Å²) in [6, 6.07) is 11.7. The third-order valence-electron chi connectivity index (χ3n) is 5.20. The minimum atomic E-state index is 0.381. The number of hydrogen-bond acceptors (Lipinski definition) is 2. The Bertz CT molecular complexity index is 884. The van der Waals surface area contributed by atoms with Gasteiger partial charge in [-0.1, -0.05) is 35.0 Å². The maximum atomic E-state index is 4.91. The standard InChI is InChI=1S/C17H16BrN3/c1-17-7-13(19-14(17)8-17)16-20-12-5-2-9-6-10(18)3-4-11(9)15(12)21-16/h2-6,13-14,19H,7-8H2,1H3,(H,20,21)/t13-,14?,17?/m0/s1. The number of hydrogen-bond donors (Lipinski definition) is 2. The van der Waals surface area contributed by atoms with Crippen molar-refractivity contribution in [3.05, 3.63) is 40.6 Å². The molecular formula is C17H16BrN3. The number of halogens is 1. The fourth-order valence-electron chi connectivity index (χ4n) is 3.79. The molecule has 0 spiro atoms. The van der Waals surface area contributed by atoms with Gasteiger partial charge < -0.3 is 10.3 Å². The lowest BCUT2D eigenvalue weighted by molar-refractivity contribution is 0.489. The zero-order valence-electron chi connectivity index (χ0n) is 11.8. The van der Waals surface area contributed by atoms with Crippen molar-refractivity contribution in [1.29, 1.82) is 0 Å². The van der Waals surface area contributed by atoms with Crippen molar-refractivity contribution in [2.45, 2.75) is 31.8 Å².